The fourth-order valence-corrected chi connectivity index (χ4v) is 2.96. The number of phenols is 2. The number of benzene rings is 2. The average Bonchev–Trinajstić information content (AvgIpc) is 2.58. The zero-order chi connectivity index (χ0) is 19.3. The molecular formula is C21H24O5. The molecular weight excluding hydrogens is 332 g/mol. The van der Waals surface area contributed by atoms with E-state index in [0.717, 1.165) is 12.0 Å². The minimum atomic E-state index is -1.15. The number of carbonyl (C=O) groups excluding carboxylic acids is 1. The average molecular weight is 356 g/mol. The van der Waals surface area contributed by atoms with Crippen LogP contribution in [0.25, 0.3) is 0 Å². The van der Waals surface area contributed by atoms with Gasteiger partial charge < -0.3 is 15.3 Å². The maximum atomic E-state index is 12.4. The van der Waals surface area contributed by atoms with Gasteiger partial charge in [0.2, 0.25) is 0 Å². The van der Waals surface area contributed by atoms with Crippen LogP contribution in [0.2, 0.25) is 0 Å². The minimum Gasteiger partial charge on any atom is -0.504 e. The molecule has 5 nitrogen and oxygen atoms in total. The molecule has 2 rings (SSSR count). The lowest BCUT2D eigenvalue weighted by atomic mass is 9.91. The lowest BCUT2D eigenvalue weighted by molar-refractivity contribution is -0.139. The van der Waals surface area contributed by atoms with Gasteiger partial charge in [0.1, 0.15) is 0 Å². The molecule has 5 heteroatoms. The van der Waals surface area contributed by atoms with Crippen LogP contribution in [0.3, 0.4) is 0 Å². The molecule has 0 radical (unpaired) electrons. The Morgan fingerprint density at radius 3 is 2.23 bits per heavy atom. The third-order valence-corrected chi connectivity index (χ3v) is 4.30. The van der Waals surface area contributed by atoms with Crippen molar-refractivity contribution in [2.24, 2.45) is 5.92 Å². The van der Waals surface area contributed by atoms with Crippen molar-refractivity contribution < 1.29 is 24.9 Å². The number of carboxylic acids is 1. The van der Waals surface area contributed by atoms with Crippen LogP contribution in [0.5, 0.6) is 11.5 Å². The molecule has 2 aromatic rings. The number of rotatable bonds is 8. The van der Waals surface area contributed by atoms with Crippen LogP contribution in [-0.4, -0.2) is 27.1 Å². The van der Waals surface area contributed by atoms with E-state index in [2.05, 4.69) is 13.8 Å². The van der Waals surface area contributed by atoms with Gasteiger partial charge in [-0.2, -0.15) is 0 Å². The molecule has 0 aliphatic heterocycles. The Labute approximate surface area is 152 Å². The highest BCUT2D eigenvalue weighted by molar-refractivity contribution is 5.96. The van der Waals surface area contributed by atoms with Gasteiger partial charge in [-0.3, -0.25) is 9.59 Å². The number of carboxylic acid groups (broad SMARTS) is 1. The second-order valence-electron chi connectivity index (χ2n) is 6.86. The van der Waals surface area contributed by atoms with E-state index in [1.54, 1.807) is 12.1 Å². The highest BCUT2D eigenvalue weighted by Crippen LogP contribution is 2.36. The summed E-state index contributed by atoms with van der Waals surface area (Å²) in [5.41, 5.74) is 1.81. The smallest absolute Gasteiger partial charge is 0.311 e. The fourth-order valence-electron chi connectivity index (χ4n) is 2.96. The first kappa shape index (κ1) is 19.5. The first-order valence-electron chi connectivity index (χ1n) is 8.65. The molecule has 0 aliphatic rings. The van der Waals surface area contributed by atoms with Crippen LogP contribution >= 0.6 is 0 Å². The van der Waals surface area contributed by atoms with Crippen LogP contribution in [0, 0.1) is 5.92 Å². The van der Waals surface area contributed by atoms with Gasteiger partial charge in [0, 0.05) is 17.5 Å². The molecule has 26 heavy (non-hydrogen) atoms. The van der Waals surface area contributed by atoms with Crippen molar-refractivity contribution in [1.29, 1.82) is 0 Å². The van der Waals surface area contributed by atoms with Gasteiger partial charge >= 0.3 is 5.97 Å². The van der Waals surface area contributed by atoms with Crippen molar-refractivity contribution in [1.82, 2.24) is 0 Å². The van der Waals surface area contributed by atoms with Gasteiger partial charge in [-0.05, 0) is 30.4 Å². The largest absolute Gasteiger partial charge is 0.504 e. The van der Waals surface area contributed by atoms with Crippen molar-refractivity contribution in [2.45, 2.75) is 39.0 Å². The SMILES string of the molecule is CC(C)Cc1ccc(C(=O)CCC(C(=O)O)c2cccc(O)c2O)cc1. The molecule has 3 N–H and O–H groups in total. The standard InChI is InChI=1S/C21H24O5/c1-13(2)12-14-6-8-15(9-7-14)18(22)11-10-17(21(25)26)16-4-3-5-19(23)20(16)24/h3-9,13,17,23-24H,10-12H2,1-2H3,(H,25,26). The second-order valence-corrected chi connectivity index (χ2v) is 6.86. The molecule has 1 atom stereocenters. The van der Waals surface area contributed by atoms with Crippen molar-refractivity contribution in [2.75, 3.05) is 0 Å². The summed E-state index contributed by atoms with van der Waals surface area (Å²) in [6.07, 6.45) is 1.01. The summed E-state index contributed by atoms with van der Waals surface area (Å²) in [4.78, 5) is 23.9. The molecule has 0 fully saturated rings. The molecule has 0 saturated carbocycles. The molecule has 0 aliphatic carbocycles. The number of aliphatic carboxylic acids is 1. The van der Waals surface area contributed by atoms with Crippen LogP contribution in [0.1, 0.15) is 54.1 Å². The van der Waals surface area contributed by atoms with Crippen molar-refractivity contribution in [3.8, 4) is 11.5 Å². The number of Topliss-reactive ketones (excluding diaryl/α,β-unsaturated/α-hetero) is 1. The monoisotopic (exact) mass is 356 g/mol. The van der Waals surface area contributed by atoms with Crippen molar-refractivity contribution in [3.63, 3.8) is 0 Å². The van der Waals surface area contributed by atoms with Gasteiger partial charge in [-0.15, -0.1) is 0 Å². The molecule has 0 heterocycles. The Morgan fingerprint density at radius 1 is 1.00 bits per heavy atom. The number of hydrogen-bond donors (Lipinski definition) is 3. The van der Waals surface area contributed by atoms with Crippen molar-refractivity contribution in [3.05, 3.63) is 59.2 Å². The van der Waals surface area contributed by atoms with Gasteiger partial charge in [-0.25, -0.2) is 0 Å². The van der Waals surface area contributed by atoms with E-state index in [-0.39, 0.29) is 29.9 Å². The minimum absolute atomic E-state index is 0.0373. The van der Waals surface area contributed by atoms with Crippen LogP contribution in [-0.2, 0) is 11.2 Å². The number of para-hydroxylation sites is 1. The quantitative estimate of drug-likeness (QED) is 0.488. The Hall–Kier alpha value is -2.82. The van der Waals surface area contributed by atoms with E-state index in [1.807, 2.05) is 12.1 Å². The lowest BCUT2D eigenvalue weighted by Gasteiger charge is -2.14. The number of hydrogen-bond acceptors (Lipinski definition) is 4. The summed E-state index contributed by atoms with van der Waals surface area (Å²) in [6.45, 7) is 4.25. The fraction of sp³-hybridized carbons (Fsp3) is 0.333. The van der Waals surface area contributed by atoms with Crippen molar-refractivity contribution >= 4 is 11.8 Å². The number of ketones is 1. The predicted molar refractivity (Wildman–Crippen MR) is 98.7 cm³/mol. The lowest BCUT2D eigenvalue weighted by Crippen LogP contribution is -2.14. The predicted octanol–water partition coefficient (Wildman–Crippen LogP) is 4.13. The topological polar surface area (TPSA) is 94.8 Å². The Balaban J connectivity index is 2.08. The molecule has 0 bridgehead atoms. The van der Waals surface area contributed by atoms with Crippen LogP contribution in [0.4, 0.5) is 0 Å². The summed E-state index contributed by atoms with van der Waals surface area (Å²) >= 11 is 0. The van der Waals surface area contributed by atoms with Crippen LogP contribution < -0.4 is 0 Å². The Kier molecular flexibility index (Phi) is 6.39. The number of carbonyl (C=O) groups is 2. The van der Waals surface area contributed by atoms with Crippen LogP contribution in [0.15, 0.2) is 42.5 Å². The summed E-state index contributed by atoms with van der Waals surface area (Å²) in [5, 5.41) is 28.9. The van der Waals surface area contributed by atoms with Gasteiger partial charge in [0.25, 0.3) is 0 Å². The molecule has 0 amide bonds. The maximum absolute atomic E-state index is 12.4. The first-order valence-corrected chi connectivity index (χ1v) is 8.65. The molecule has 0 saturated heterocycles. The van der Waals surface area contributed by atoms with Gasteiger partial charge in [0.05, 0.1) is 5.92 Å². The highest BCUT2D eigenvalue weighted by atomic mass is 16.4. The molecule has 138 valence electrons. The molecule has 0 aromatic heterocycles. The normalized spacial score (nSPS) is 12.1. The zero-order valence-corrected chi connectivity index (χ0v) is 15.0. The Morgan fingerprint density at radius 2 is 1.65 bits per heavy atom. The third kappa shape index (κ3) is 4.85. The summed E-state index contributed by atoms with van der Waals surface area (Å²) < 4.78 is 0. The molecule has 2 aromatic carbocycles. The summed E-state index contributed by atoms with van der Waals surface area (Å²) in [5.74, 6) is -2.65. The maximum Gasteiger partial charge on any atom is 0.311 e. The van der Waals surface area contributed by atoms with E-state index in [4.69, 9.17) is 0 Å². The zero-order valence-electron chi connectivity index (χ0n) is 15.0. The number of phenolic OH excluding ortho intramolecular Hbond substituents is 2. The van der Waals surface area contributed by atoms with E-state index < -0.39 is 17.6 Å². The van der Waals surface area contributed by atoms with E-state index >= 15 is 0 Å². The number of aromatic hydroxyl groups is 2. The summed E-state index contributed by atoms with van der Waals surface area (Å²) in [7, 11) is 0. The molecule has 0 spiro atoms. The molecule has 1 unspecified atom stereocenters. The van der Waals surface area contributed by atoms with Gasteiger partial charge in [0.15, 0.2) is 17.3 Å². The summed E-state index contributed by atoms with van der Waals surface area (Å²) in [6, 6.07) is 11.6. The van der Waals surface area contributed by atoms with E-state index in [9.17, 15) is 24.9 Å². The Bertz CT molecular complexity index is 777. The van der Waals surface area contributed by atoms with Gasteiger partial charge in [-0.1, -0.05) is 50.2 Å². The van der Waals surface area contributed by atoms with E-state index in [0.29, 0.717) is 11.5 Å². The second kappa shape index (κ2) is 8.52. The third-order valence-electron chi connectivity index (χ3n) is 4.30. The van der Waals surface area contributed by atoms with E-state index in [1.165, 1.54) is 18.2 Å². The first-order chi connectivity index (χ1) is 12.3. The highest BCUT2D eigenvalue weighted by Gasteiger charge is 2.25.